The Morgan fingerprint density at radius 1 is 1.24 bits per heavy atom. The van der Waals surface area contributed by atoms with Crippen molar-refractivity contribution >= 4 is 0 Å². The SMILES string of the molecule is COCOc1ccc(C[C@H]2CCC[C@H]2O)cc1. The smallest absolute Gasteiger partial charge is 0.188 e. The van der Waals surface area contributed by atoms with Crippen molar-refractivity contribution in [3.8, 4) is 5.75 Å². The summed E-state index contributed by atoms with van der Waals surface area (Å²) in [5.41, 5.74) is 1.26. The molecule has 3 nitrogen and oxygen atoms in total. The second kappa shape index (κ2) is 6.03. The first kappa shape index (κ1) is 12.4. The maximum Gasteiger partial charge on any atom is 0.188 e. The van der Waals surface area contributed by atoms with Crippen LogP contribution in [0.15, 0.2) is 24.3 Å². The normalized spacial score (nSPS) is 23.9. The molecule has 1 aliphatic rings. The van der Waals surface area contributed by atoms with E-state index in [0.717, 1.165) is 31.4 Å². The molecule has 0 bridgehead atoms. The average Bonchev–Trinajstić information content (AvgIpc) is 2.74. The van der Waals surface area contributed by atoms with E-state index in [9.17, 15) is 5.11 Å². The van der Waals surface area contributed by atoms with Crippen LogP contribution >= 0.6 is 0 Å². The summed E-state index contributed by atoms with van der Waals surface area (Å²) in [6, 6.07) is 8.04. The van der Waals surface area contributed by atoms with E-state index in [2.05, 4.69) is 12.1 Å². The van der Waals surface area contributed by atoms with Crippen LogP contribution in [0, 0.1) is 5.92 Å². The maximum absolute atomic E-state index is 9.78. The summed E-state index contributed by atoms with van der Waals surface area (Å²) in [7, 11) is 1.61. The molecule has 0 amide bonds. The molecule has 2 rings (SSSR count). The predicted molar refractivity (Wildman–Crippen MR) is 66.0 cm³/mol. The van der Waals surface area contributed by atoms with Crippen LogP contribution in [0.2, 0.25) is 0 Å². The zero-order valence-corrected chi connectivity index (χ0v) is 10.3. The number of benzene rings is 1. The lowest BCUT2D eigenvalue weighted by atomic mass is 9.96. The predicted octanol–water partition coefficient (Wildman–Crippen LogP) is 2.37. The summed E-state index contributed by atoms with van der Waals surface area (Å²) < 4.78 is 10.2. The Morgan fingerprint density at radius 3 is 2.59 bits per heavy atom. The average molecular weight is 236 g/mol. The molecule has 17 heavy (non-hydrogen) atoms. The van der Waals surface area contributed by atoms with Crippen LogP contribution < -0.4 is 4.74 Å². The van der Waals surface area contributed by atoms with Gasteiger partial charge in [-0.15, -0.1) is 0 Å². The van der Waals surface area contributed by atoms with Crippen LogP contribution in [0.4, 0.5) is 0 Å². The standard InChI is InChI=1S/C14H20O3/c1-16-10-17-13-7-5-11(6-8-13)9-12-3-2-4-14(12)15/h5-8,12,14-15H,2-4,9-10H2,1H3/t12-,14-/m1/s1. The molecule has 0 radical (unpaired) electrons. The quantitative estimate of drug-likeness (QED) is 0.798. The molecule has 1 fully saturated rings. The zero-order chi connectivity index (χ0) is 12.1. The molecule has 0 aromatic heterocycles. The van der Waals surface area contributed by atoms with Gasteiger partial charge in [0, 0.05) is 7.11 Å². The summed E-state index contributed by atoms with van der Waals surface area (Å²) in [5, 5.41) is 9.78. The lowest BCUT2D eigenvalue weighted by Gasteiger charge is -2.14. The third-order valence-corrected chi connectivity index (χ3v) is 3.38. The molecular formula is C14H20O3. The second-order valence-electron chi connectivity index (χ2n) is 4.66. The van der Waals surface area contributed by atoms with Gasteiger partial charge in [0.2, 0.25) is 0 Å². The number of ether oxygens (including phenoxy) is 2. The van der Waals surface area contributed by atoms with Crippen LogP contribution in [0.3, 0.4) is 0 Å². The van der Waals surface area contributed by atoms with Crippen LogP contribution in [0.1, 0.15) is 24.8 Å². The van der Waals surface area contributed by atoms with Gasteiger partial charge < -0.3 is 14.6 Å². The molecule has 0 spiro atoms. The Bertz CT molecular complexity index is 334. The molecule has 1 saturated carbocycles. The van der Waals surface area contributed by atoms with Crippen molar-refractivity contribution in [1.82, 2.24) is 0 Å². The van der Waals surface area contributed by atoms with E-state index in [-0.39, 0.29) is 12.9 Å². The van der Waals surface area contributed by atoms with Gasteiger partial charge in [0.25, 0.3) is 0 Å². The monoisotopic (exact) mass is 236 g/mol. The molecule has 0 heterocycles. The zero-order valence-electron chi connectivity index (χ0n) is 10.3. The van der Waals surface area contributed by atoms with Crippen molar-refractivity contribution < 1.29 is 14.6 Å². The van der Waals surface area contributed by atoms with E-state index < -0.39 is 0 Å². The minimum atomic E-state index is -0.112. The van der Waals surface area contributed by atoms with Crippen molar-refractivity contribution in [2.75, 3.05) is 13.9 Å². The molecule has 2 atom stereocenters. The largest absolute Gasteiger partial charge is 0.468 e. The van der Waals surface area contributed by atoms with Gasteiger partial charge in [0.1, 0.15) is 5.75 Å². The van der Waals surface area contributed by atoms with Gasteiger partial charge in [0.05, 0.1) is 6.10 Å². The van der Waals surface area contributed by atoms with Crippen LogP contribution in [-0.4, -0.2) is 25.1 Å². The first-order valence-electron chi connectivity index (χ1n) is 6.18. The van der Waals surface area contributed by atoms with Crippen molar-refractivity contribution in [2.24, 2.45) is 5.92 Å². The van der Waals surface area contributed by atoms with Crippen molar-refractivity contribution in [2.45, 2.75) is 31.8 Å². The summed E-state index contributed by atoms with van der Waals surface area (Å²) >= 11 is 0. The summed E-state index contributed by atoms with van der Waals surface area (Å²) in [4.78, 5) is 0. The molecule has 3 heteroatoms. The summed E-state index contributed by atoms with van der Waals surface area (Å²) in [6.45, 7) is 0.278. The number of aliphatic hydroxyl groups excluding tert-OH is 1. The number of rotatable bonds is 5. The minimum absolute atomic E-state index is 0.112. The van der Waals surface area contributed by atoms with E-state index in [1.165, 1.54) is 5.56 Å². The van der Waals surface area contributed by atoms with Crippen molar-refractivity contribution in [3.63, 3.8) is 0 Å². The van der Waals surface area contributed by atoms with Crippen LogP contribution in [0.5, 0.6) is 5.75 Å². The Hall–Kier alpha value is -1.06. The van der Waals surface area contributed by atoms with Gasteiger partial charge in [-0.3, -0.25) is 0 Å². The van der Waals surface area contributed by atoms with E-state index in [1.807, 2.05) is 12.1 Å². The van der Waals surface area contributed by atoms with Crippen molar-refractivity contribution in [3.05, 3.63) is 29.8 Å². The second-order valence-corrected chi connectivity index (χ2v) is 4.66. The fourth-order valence-corrected chi connectivity index (χ4v) is 2.41. The Labute approximate surface area is 102 Å². The van der Waals surface area contributed by atoms with E-state index in [1.54, 1.807) is 7.11 Å². The number of aliphatic hydroxyl groups is 1. The van der Waals surface area contributed by atoms with Gasteiger partial charge in [-0.25, -0.2) is 0 Å². The van der Waals surface area contributed by atoms with Gasteiger partial charge in [-0.05, 0) is 42.9 Å². The number of hydrogen-bond donors (Lipinski definition) is 1. The van der Waals surface area contributed by atoms with E-state index >= 15 is 0 Å². The number of hydrogen-bond acceptors (Lipinski definition) is 3. The lowest BCUT2D eigenvalue weighted by molar-refractivity contribution is 0.0511. The molecule has 1 N–H and O–H groups in total. The topological polar surface area (TPSA) is 38.7 Å². The Balaban J connectivity index is 1.89. The number of methoxy groups -OCH3 is 1. The van der Waals surface area contributed by atoms with Gasteiger partial charge in [-0.1, -0.05) is 18.6 Å². The fraction of sp³-hybridized carbons (Fsp3) is 0.571. The molecular weight excluding hydrogens is 216 g/mol. The van der Waals surface area contributed by atoms with E-state index in [4.69, 9.17) is 9.47 Å². The molecule has 1 aromatic carbocycles. The molecule has 0 unspecified atom stereocenters. The van der Waals surface area contributed by atoms with Crippen LogP contribution in [0.25, 0.3) is 0 Å². The summed E-state index contributed by atoms with van der Waals surface area (Å²) in [6.07, 6.45) is 4.11. The van der Waals surface area contributed by atoms with E-state index in [0.29, 0.717) is 5.92 Å². The highest BCUT2D eigenvalue weighted by atomic mass is 16.7. The van der Waals surface area contributed by atoms with Crippen LogP contribution in [-0.2, 0) is 11.2 Å². The fourth-order valence-electron chi connectivity index (χ4n) is 2.41. The lowest BCUT2D eigenvalue weighted by Crippen LogP contribution is -2.15. The first-order chi connectivity index (χ1) is 8.29. The third-order valence-electron chi connectivity index (χ3n) is 3.38. The minimum Gasteiger partial charge on any atom is -0.468 e. The molecule has 0 saturated heterocycles. The molecule has 94 valence electrons. The Kier molecular flexibility index (Phi) is 4.40. The van der Waals surface area contributed by atoms with Crippen molar-refractivity contribution in [1.29, 1.82) is 0 Å². The highest BCUT2D eigenvalue weighted by molar-refractivity contribution is 5.27. The van der Waals surface area contributed by atoms with Gasteiger partial charge >= 0.3 is 0 Å². The third kappa shape index (κ3) is 3.45. The molecule has 0 aliphatic heterocycles. The molecule has 1 aromatic rings. The maximum atomic E-state index is 9.78. The summed E-state index contributed by atoms with van der Waals surface area (Å²) in [5.74, 6) is 1.25. The Morgan fingerprint density at radius 2 is 2.00 bits per heavy atom. The highest BCUT2D eigenvalue weighted by Crippen LogP contribution is 2.29. The highest BCUT2D eigenvalue weighted by Gasteiger charge is 2.24. The first-order valence-corrected chi connectivity index (χ1v) is 6.18. The van der Waals surface area contributed by atoms with Gasteiger partial charge in [-0.2, -0.15) is 0 Å². The molecule has 1 aliphatic carbocycles. The van der Waals surface area contributed by atoms with Gasteiger partial charge in [0.15, 0.2) is 6.79 Å².